The third kappa shape index (κ3) is 3.74. The van der Waals surface area contributed by atoms with Crippen LogP contribution in [0.3, 0.4) is 0 Å². The zero-order valence-electron chi connectivity index (χ0n) is 15.6. The Morgan fingerprint density at radius 3 is 2.77 bits per heavy atom. The van der Waals surface area contributed by atoms with Gasteiger partial charge in [-0.3, -0.25) is 9.69 Å². The largest absolute Gasteiger partial charge is 0.507 e. The number of aliphatic imine (C=N–C) groups is 1. The lowest BCUT2D eigenvalue weighted by atomic mass is 10.2. The Bertz CT molecular complexity index is 1120. The zero-order chi connectivity index (χ0) is 21.3. The SMILES string of the molecule is C=CCN1C(=O)/C(=C/c2ccc3c(c2)OCO3)SC1=Nc1ccc(C(=O)O)c(O)c1. The predicted octanol–water partition coefficient (Wildman–Crippen LogP) is 3.61. The fourth-order valence-corrected chi connectivity index (χ4v) is 3.92. The molecule has 1 saturated heterocycles. The summed E-state index contributed by atoms with van der Waals surface area (Å²) < 4.78 is 10.7. The lowest BCUT2D eigenvalue weighted by Crippen LogP contribution is -2.29. The summed E-state index contributed by atoms with van der Waals surface area (Å²) in [7, 11) is 0. The van der Waals surface area contributed by atoms with Crippen molar-refractivity contribution in [3.8, 4) is 17.2 Å². The second-order valence-corrected chi connectivity index (χ2v) is 7.34. The topological polar surface area (TPSA) is 109 Å². The molecule has 0 aromatic heterocycles. The number of ether oxygens (including phenoxy) is 2. The summed E-state index contributed by atoms with van der Waals surface area (Å²) in [4.78, 5) is 30.3. The van der Waals surface area contributed by atoms with Crippen LogP contribution in [-0.4, -0.2) is 45.5 Å². The van der Waals surface area contributed by atoms with Gasteiger partial charge in [-0.1, -0.05) is 12.1 Å². The first-order chi connectivity index (χ1) is 14.5. The molecule has 2 aromatic rings. The maximum Gasteiger partial charge on any atom is 0.339 e. The average Bonchev–Trinajstić information content (AvgIpc) is 3.28. The molecule has 2 heterocycles. The van der Waals surface area contributed by atoms with E-state index in [1.807, 2.05) is 6.07 Å². The van der Waals surface area contributed by atoms with Crippen molar-refractivity contribution in [1.82, 2.24) is 4.90 Å². The summed E-state index contributed by atoms with van der Waals surface area (Å²) >= 11 is 1.18. The Morgan fingerprint density at radius 2 is 2.03 bits per heavy atom. The number of carboxylic acid groups (broad SMARTS) is 1. The van der Waals surface area contributed by atoms with Gasteiger partial charge in [0.15, 0.2) is 16.7 Å². The van der Waals surface area contributed by atoms with Gasteiger partial charge in [0.1, 0.15) is 11.3 Å². The Morgan fingerprint density at radius 1 is 1.23 bits per heavy atom. The smallest absolute Gasteiger partial charge is 0.339 e. The molecule has 0 aliphatic carbocycles. The molecule has 0 unspecified atom stereocenters. The van der Waals surface area contributed by atoms with Crippen LogP contribution in [0, 0.1) is 0 Å². The van der Waals surface area contributed by atoms with E-state index in [9.17, 15) is 14.7 Å². The number of carbonyl (C=O) groups excluding carboxylic acids is 1. The number of thioether (sulfide) groups is 1. The van der Waals surface area contributed by atoms with Crippen LogP contribution in [0.4, 0.5) is 5.69 Å². The van der Waals surface area contributed by atoms with Gasteiger partial charge in [0.05, 0.1) is 10.6 Å². The second kappa shape index (κ2) is 7.96. The van der Waals surface area contributed by atoms with Crippen molar-refractivity contribution in [2.45, 2.75) is 0 Å². The number of rotatable bonds is 5. The molecule has 8 nitrogen and oxygen atoms in total. The van der Waals surface area contributed by atoms with Crippen molar-refractivity contribution in [1.29, 1.82) is 0 Å². The van der Waals surface area contributed by atoms with Crippen LogP contribution in [0.5, 0.6) is 17.2 Å². The van der Waals surface area contributed by atoms with Crippen molar-refractivity contribution in [2.75, 3.05) is 13.3 Å². The summed E-state index contributed by atoms with van der Waals surface area (Å²) in [5.41, 5.74) is 0.880. The Kier molecular flexibility index (Phi) is 5.20. The lowest BCUT2D eigenvalue weighted by Gasteiger charge is -2.12. The quantitative estimate of drug-likeness (QED) is 0.557. The Labute approximate surface area is 175 Å². The molecule has 2 aliphatic heterocycles. The molecule has 0 spiro atoms. The molecule has 152 valence electrons. The van der Waals surface area contributed by atoms with E-state index in [1.165, 1.54) is 34.9 Å². The van der Waals surface area contributed by atoms with E-state index in [1.54, 1.807) is 24.3 Å². The van der Waals surface area contributed by atoms with Crippen molar-refractivity contribution in [2.24, 2.45) is 4.99 Å². The molecular weight excluding hydrogens is 408 g/mol. The van der Waals surface area contributed by atoms with Gasteiger partial charge in [0.2, 0.25) is 6.79 Å². The van der Waals surface area contributed by atoms with Crippen molar-refractivity contribution < 1.29 is 29.3 Å². The minimum Gasteiger partial charge on any atom is -0.507 e. The summed E-state index contributed by atoms with van der Waals surface area (Å²) in [6.07, 6.45) is 3.32. The number of aromatic carboxylic acids is 1. The molecule has 0 bridgehead atoms. The molecule has 1 fully saturated rings. The first kappa shape index (κ1) is 19.6. The van der Waals surface area contributed by atoms with Gasteiger partial charge in [-0.05, 0) is 47.7 Å². The fraction of sp³-hybridized carbons (Fsp3) is 0.0952. The number of benzene rings is 2. The van der Waals surface area contributed by atoms with E-state index in [4.69, 9.17) is 14.6 Å². The van der Waals surface area contributed by atoms with E-state index >= 15 is 0 Å². The maximum absolute atomic E-state index is 12.9. The fourth-order valence-electron chi connectivity index (χ4n) is 2.92. The molecular formula is C21H16N2O6S. The number of fused-ring (bicyclic) bond motifs is 1. The van der Waals surface area contributed by atoms with Crippen LogP contribution in [0.15, 0.2) is 59.0 Å². The molecule has 2 aromatic carbocycles. The highest BCUT2D eigenvalue weighted by atomic mass is 32.2. The van der Waals surface area contributed by atoms with E-state index in [2.05, 4.69) is 11.6 Å². The summed E-state index contributed by atoms with van der Waals surface area (Å²) in [5, 5.41) is 19.3. The highest BCUT2D eigenvalue weighted by Crippen LogP contribution is 2.37. The molecule has 9 heteroatoms. The number of carboxylic acids is 1. The van der Waals surface area contributed by atoms with Gasteiger partial charge in [-0.25, -0.2) is 9.79 Å². The highest BCUT2D eigenvalue weighted by Gasteiger charge is 2.32. The van der Waals surface area contributed by atoms with Crippen molar-refractivity contribution in [3.63, 3.8) is 0 Å². The minimum absolute atomic E-state index is 0.167. The molecule has 0 radical (unpaired) electrons. The van der Waals surface area contributed by atoms with Crippen LogP contribution >= 0.6 is 11.8 Å². The number of nitrogens with zero attached hydrogens (tertiary/aromatic N) is 2. The van der Waals surface area contributed by atoms with Crippen molar-refractivity contribution in [3.05, 3.63) is 65.1 Å². The Hall–Kier alpha value is -3.72. The predicted molar refractivity (Wildman–Crippen MR) is 112 cm³/mol. The minimum atomic E-state index is -1.24. The maximum atomic E-state index is 12.9. The van der Waals surface area contributed by atoms with Gasteiger partial charge in [-0.15, -0.1) is 6.58 Å². The van der Waals surface area contributed by atoms with Gasteiger partial charge in [0.25, 0.3) is 5.91 Å². The molecule has 2 N–H and O–H groups in total. The number of amidine groups is 1. The van der Waals surface area contributed by atoms with Gasteiger partial charge in [0, 0.05) is 12.6 Å². The van der Waals surface area contributed by atoms with E-state index in [-0.39, 0.29) is 24.8 Å². The average molecular weight is 424 g/mol. The molecule has 30 heavy (non-hydrogen) atoms. The summed E-state index contributed by atoms with van der Waals surface area (Å²) in [5.74, 6) is -0.597. The van der Waals surface area contributed by atoms with Crippen LogP contribution in [0.2, 0.25) is 0 Å². The molecule has 0 saturated carbocycles. The highest BCUT2D eigenvalue weighted by molar-refractivity contribution is 8.18. The third-order valence-corrected chi connectivity index (χ3v) is 5.34. The number of aromatic hydroxyl groups is 1. The van der Waals surface area contributed by atoms with Gasteiger partial charge < -0.3 is 19.7 Å². The van der Waals surface area contributed by atoms with Crippen LogP contribution < -0.4 is 9.47 Å². The van der Waals surface area contributed by atoms with E-state index in [0.717, 1.165) is 5.56 Å². The lowest BCUT2D eigenvalue weighted by molar-refractivity contribution is -0.121. The number of carbonyl (C=O) groups is 2. The number of hydrogen-bond donors (Lipinski definition) is 2. The summed E-state index contributed by atoms with van der Waals surface area (Å²) in [6.45, 7) is 4.10. The number of hydrogen-bond acceptors (Lipinski definition) is 7. The Balaban J connectivity index is 1.66. The summed E-state index contributed by atoms with van der Waals surface area (Å²) in [6, 6.07) is 9.37. The first-order valence-electron chi connectivity index (χ1n) is 8.83. The monoisotopic (exact) mass is 424 g/mol. The molecule has 2 aliphatic rings. The van der Waals surface area contributed by atoms with Crippen molar-refractivity contribution >= 4 is 40.6 Å². The number of amides is 1. The first-order valence-corrected chi connectivity index (χ1v) is 9.65. The second-order valence-electron chi connectivity index (χ2n) is 6.33. The van der Waals surface area contributed by atoms with Crippen LogP contribution in [0.1, 0.15) is 15.9 Å². The van der Waals surface area contributed by atoms with Crippen LogP contribution in [0.25, 0.3) is 6.08 Å². The zero-order valence-corrected chi connectivity index (χ0v) is 16.4. The third-order valence-electron chi connectivity index (χ3n) is 4.33. The van der Waals surface area contributed by atoms with Crippen LogP contribution in [-0.2, 0) is 4.79 Å². The van der Waals surface area contributed by atoms with Gasteiger partial charge >= 0.3 is 5.97 Å². The number of phenols is 1. The molecule has 0 atom stereocenters. The standard InChI is InChI=1S/C21H16N2O6S/c1-2-7-23-19(25)18(9-12-3-6-16-17(8-12)29-11-28-16)30-21(23)22-13-4-5-14(20(26)27)15(24)10-13/h2-6,8-10,24H,1,7,11H2,(H,26,27)/b18-9-,22-21?. The van der Waals surface area contributed by atoms with E-state index < -0.39 is 11.7 Å². The normalized spacial score (nSPS) is 17.7. The van der Waals surface area contributed by atoms with Gasteiger partial charge in [-0.2, -0.15) is 0 Å². The molecule has 1 amide bonds. The molecule has 4 rings (SSSR count). The van der Waals surface area contributed by atoms with E-state index in [0.29, 0.717) is 27.3 Å².